The Bertz CT molecular complexity index is 489. The van der Waals surface area contributed by atoms with Crippen molar-refractivity contribution in [2.24, 2.45) is 0 Å². The molecule has 1 aromatic rings. The van der Waals surface area contributed by atoms with E-state index in [1.54, 1.807) is 0 Å². The predicted octanol–water partition coefficient (Wildman–Crippen LogP) is 2.07. The fourth-order valence-electron chi connectivity index (χ4n) is 0.936. The van der Waals surface area contributed by atoms with Crippen LogP contribution in [0.1, 0.15) is 6.92 Å². The number of benzene rings is 1. The second-order valence-electron chi connectivity index (χ2n) is 2.82. The third kappa shape index (κ3) is 3.41. The van der Waals surface area contributed by atoms with Crippen molar-refractivity contribution in [2.75, 3.05) is 0 Å². The summed E-state index contributed by atoms with van der Waals surface area (Å²) in [4.78, 5) is 30.2. The molecule has 90 valence electrons. The first kappa shape index (κ1) is 12.9. The maximum atomic E-state index is 10.7. The highest BCUT2D eigenvalue weighted by Gasteiger charge is 2.20. The molecule has 0 unspecified atom stereocenters. The van der Waals surface area contributed by atoms with E-state index >= 15 is 0 Å². The third-order valence-electron chi connectivity index (χ3n) is 1.60. The summed E-state index contributed by atoms with van der Waals surface area (Å²) in [5, 5.41) is 21.1. The van der Waals surface area contributed by atoms with Crippen molar-refractivity contribution < 1.29 is 18.8 Å². The Morgan fingerprint density at radius 2 is 1.94 bits per heavy atom. The van der Waals surface area contributed by atoms with Gasteiger partial charge in [-0.25, -0.2) is 0 Å². The smallest absolute Gasteiger partial charge is 0.315 e. The van der Waals surface area contributed by atoms with E-state index < -0.39 is 27.2 Å². The largest absolute Gasteiger partial charge is 0.386 e. The predicted molar refractivity (Wildman–Crippen MR) is 57.4 cm³/mol. The van der Waals surface area contributed by atoms with Gasteiger partial charge in [-0.2, -0.15) is 0 Å². The maximum Gasteiger partial charge on any atom is 0.315 e. The first-order valence-electron chi connectivity index (χ1n) is 4.19. The van der Waals surface area contributed by atoms with Gasteiger partial charge in [-0.1, -0.05) is 0 Å². The second kappa shape index (κ2) is 5.25. The Labute approximate surface area is 99.1 Å². The van der Waals surface area contributed by atoms with Gasteiger partial charge in [-0.3, -0.25) is 25.0 Å². The minimum absolute atomic E-state index is 0.0239. The number of carbonyl (C=O) groups excluding carboxylic acids is 1. The lowest BCUT2D eigenvalue weighted by molar-refractivity contribution is -0.396. The van der Waals surface area contributed by atoms with Gasteiger partial charge in [0.1, 0.15) is 16.9 Å². The zero-order chi connectivity index (χ0) is 13.0. The van der Waals surface area contributed by atoms with E-state index in [4.69, 9.17) is 0 Å². The molecule has 0 saturated carbocycles. The molecule has 0 bridgehead atoms. The molecule has 9 heteroatoms. The molecular formula is C8H6N2O6S. The number of carbonyl (C=O) groups is 1. The van der Waals surface area contributed by atoms with Crippen molar-refractivity contribution in [3.8, 4) is 0 Å². The second-order valence-corrected chi connectivity index (χ2v) is 3.60. The topological polar surface area (TPSA) is 113 Å². The fraction of sp³-hybridized carbons (Fsp3) is 0.125. The molecule has 0 aliphatic rings. The van der Waals surface area contributed by atoms with Crippen LogP contribution >= 0.6 is 12.0 Å². The zero-order valence-corrected chi connectivity index (χ0v) is 9.30. The summed E-state index contributed by atoms with van der Waals surface area (Å²) in [6, 6.07) is 3.06. The lowest BCUT2D eigenvalue weighted by Gasteiger charge is -2.01. The van der Waals surface area contributed by atoms with E-state index in [2.05, 4.69) is 4.18 Å². The van der Waals surface area contributed by atoms with Crippen LogP contribution in [0.2, 0.25) is 0 Å². The quantitative estimate of drug-likeness (QED) is 0.461. The maximum absolute atomic E-state index is 10.7. The van der Waals surface area contributed by atoms with E-state index in [9.17, 15) is 25.0 Å². The van der Waals surface area contributed by atoms with E-state index in [0.717, 1.165) is 25.1 Å². The first-order chi connectivity index (χ1) is 7.91. The van der Waals surface area contributed by atoms with Crippen molar-refractivity contribution >= 4 is 29.4 Å². The molecule has 0 atom stereocenters. The van der Waals surface area contributed by atoms with Gasteiger partial charge in [0.2, 0.25) is 0 Å². The summed E-state index contributed by atoms with van der Waals surface area (Å²) in [6.07, 6.45) is 0. The number of nitro benzene ring substituents is 2. The monoisotopic (exact) mass is 258 g/mol. The molecule has 0 saturated heterocycles. The number of non-ortho nitro benzene ring substituents is 1. The van der Waals surface area contributed by atoms with Gasteiger partial charge in [0.15, 0.2) is 0 Å². The molecule has 0 aliphatic heterocycles. The number of hydrogen-bond donors (Lipinski definition) is 0. The lowest BCUT2D eigenvalue weighted by atomic mass is 10.3. The van der Waals surface area contributed by atoms with Crippen LogP contribution in [-0.2, 0) is 8.98 Å². The first-order valence-corrected chi connectivity index (χ1v) is 4.94. The van der Waals surface area contributed by atoms with E-state index in [1.165, 1.54) is 0 Å². The molecule has 0 spiro atoms. The summed E-state index contributed by atoms with van der Waals surface area (Å²) in [6.45, 7) is 1.14. The van der Waals surface area contributed by atoms with Gasteiger partial charge >= 0.3 is 5.97 Å². The van der Waals surface area contributed by atoms with Crippen LogP contribution in [-0.4, -0.2) is 15.8 Å². The number of nitrogens with zero attached hydrogens (tertiary/aromatic N) is 2. The van der Waals surface area contributed by atoms with Gasteiger partial charge in [0.05, 0.1) is 15.9 Å². The van der Waals surface area contributed by atoms with Gasteiger partial charge < -0.3 is 4.18 Å². The Morgan fingerprint density at radius 1 is 1.29 bits per heavy atom. The van der Waals surface area contributed by atoms with Crippen LogP contribution < -0.4 is 0 Å². The molecule has 0 aromatic heterocycles. The Balaban J connectivity index is 3.08. The van der Waals surface area contributed by atoms with E-state index in [0.29, 0.717) is 12.0 Å². The summed E-state index contributed by atoms with van der Waals surface area (Å²) >= 11 is 0.490. The van der Waals surface area contributed by atoms with Gasteiger partial charge in [-0.05, 0) is 6.07 Å². The molecular weight excluding hydrogens is 252 g/mol. The molecule has 8 nitrogen and oxygen atoms in total. The van der Waals surface area contributed by atoms with Gasteiger partial charge in [0.25, 0.3) is 11.4 Å². The summed E-state index contributed by atoms with van der Waals surface area (Å²) < 4.78 is 4.52. The molecule has 1 aromatic carbocycles. The minimum atomic E-state index is -0.779. The average molecular weight is 258 g/mol. The zero-order valence-electron chi connectivity index (χ0n) is 8.48. The molecule has 0 radical (unpaired) electrons. The fourth-order valence-corrected chi connectivity index (χ4v) is 1.49. The highest BCUT2D eigenvalue weighted by Crippen LogP contribution is 2.32. The molecule has 0 fully saturated rings. The molecule has 0 amide bonds. The van der Waals surface area contributed by atoms with Crippen molar-refractivity contribution in [3.05, 3.63) is 38.4 Å². The molecule has 1 rings (SSSR count). The Hall–Kier alpha value is -2.16. The number of nitro groups is 2. The van der Waals surface area contributed by atoms with Crippen molar-refractivity contribution in [1.29, 1.82) is 0 Å². The van der Waals surface area contributed by atoms with Crippen LogP contribution in [0.5, 0.6) is 0 Å². The van der Waals surface area contributed by atoms with Gasteiger partial charge in [0, 0.05) is 13.0 Å². The number of rotatable bonds is 4. The van der Waals surface area contributed by atoms with Crippen LogP contribution in [0, 0.1) is 20.2 Å². The van der Waals surface area contributed by atoms with Crippen molar-refractivity contribution in [1.82, 2.24) is 0 Å². The standard InChI is InChI=1S/C8H6N2O6S/c1-5(11)16-17-8-3-2-6(9(12)13)4-7(8)10(14)15/h2-4H,1H3. The third-order valence-corrected chi connectivity index (χ3v) is 2.44. The molecule has 0 aliphatic carbocycles. The van der Waals surface area contributed by atoms with E-state index in [1.807, 2.05) is 0 Å². The SMILES string of the molecule is CC(=O)OSc1ccc([N+](=O)[O-])cc1[N+](=O)[O-]. The molecule has 17 heavy (non-hydrogen) atoms. The van der Waals surface area contributed by atoms with Crippen LogP contribution in [0.15, 0.2) is 23.1 Å². The molecule has 0 N–H and O–H groups in total. The van der Waals surface area contributed by atoms with Crippen molar-refractivity contribution in [3.63, 3.8) is 0 Å². The lowest BCUT2D eigenvalue weighted by Crippen LogP contribution is -1.96. The van der Waals surface area contributed by atoms with Crippen LogP contribution in [0.25, 0.3) is 0 Å². The highest BCUT2D eigenvalue weighted by molar-refractivity contribution is 7.95. The average Bonchev–Trinajstić information content (AvgIpc) is 2.25. The van der Waals surface area contributed by atoms with Crippen LogP contribution in [0.3, 0.4) is 0 Å². The minimum Gasteiger partial charge on any atom is -0.386 e. The normalized spacial score (nSPS) is 9.71. The molecule has 0 heterocycles. The van der Waals surface area contributed by atoms with Gasteiger partial charge in [-0.15, -0.1) is 0 Å². The Kier molecular flexibility index (Phi) is 3.99. The van der Waals surface area contributed by atoms with Crippen LogP contribution in [0.4, 0.5) is 11.4 Å². The van der Waals surface area contributed by atoms with E-state index in [-0.39, 0.29) is 4.90 Å². The highest BCUT2D eigenvalue weighted by atomic mass is 32.2. The van der Waals surface area contributed by atoms with Crippen molar-refractivity contribution in [2.45, 2.75) is 11.8 Å². The summed E-state index contributed by atoms with van der Waals surface area (Å²) in [5.41, 5.74) is -0.880. The summed E-state index contributed by atoms with van der Waals surface area (Å²) in [7, 11) is 0. The number of hydrogen-bond acceptors (Lipinski definition) is 7. The summed E-state index contributed by atoms with van der Waals surface area (Å²) in [5.74, 6) is -0.623. The Morgan fingerprint density at radius 3 is 2.41 bits per heavy atom.